The summed E-state index contributed by atoms with van der Waals surface area (Å²) in [6.07, 6.45) is 5.68. The number of benzene rings is 1. The molecule has 0 aliphatic rings. The Bertz CT molecular complexity index is 375. The Morgan fingerprint density at radius 2 is 1.80 bits per heavy atom. The standard InChI is InChI=1S/C18H32N2/c1-5-8-13-20(15(4)6-2)18-12-10-9-11-16(18)14-17(19)7-3/h9-12,15,17H,5-8,13-14,19H2,1-4H3. The minimum atomic E-state index is 0.265. The minimum Gasteiger partial charge on any atom is -0.369 e. The molecule has 1 aromatic rings. The molecular weight excluding hydrogens is 244 g/mol. The highest BCUT2D eigenvalue weighted by Gasteiger charge is 2.16. The summed E-state index contributed by atoms with van der Waals surface area (Å²) >= 11 is 0. The summed E-state index contributed by atoms with van der Waals surface area (Å²) in [5, 5.41) is 0. The molecule has 20 heavy (non-hydrogen) atoms. The number of hydrogen-bond donors (Lipinski definition) is 1. The van der Waals surface area contributed by atoms with E-state index < -0.39 is 0 Å². The van der Waals surface area contributed by atoms with Crippen LogP contribution in [-0.4, -0.2) is 18.6 Å². The predicted molar refractivity (Wildman–Crippen MR) is 90.4 cm³/mol. The molecule has 2 atom stereocenters. The van der Waals surface area contributed by atoms with E-state index in [9.17, 15) is 0 Å². The Morgan fingerprint density at radius 1 is 1.10 bits per heavy atom. The SMILES string of the molecule is CCCCN(c1ccccc1CC(N)CC)C(C)CC. The summed E-state index contributed by atoms with van der Waals surface area (Å²) in [7, 11) is 0. The van der Waals surface area contributed by atoms with Gasteiger partial charge >= 0.3 is 0 Å². The molecule has 2 unspecified atom stereocenters. The van der Waals surface area contributed by atoms with Gasteiger partial charge in [-0.15, -0.1) is 0 Å². The molecule has 0 aromatic heterocycles. The molecule has 0 saturated carbocycles. The Morgan fingerprint density at radius 3 is 2.40 bits per heavy atom. The number of hydrogen-bond acceptors (Lipinski definition) is 2. The van der Waals surface area contributed by atoms with Crippen LogP contribution in [0, 0.1) is 0 Å². The monoisotopic (exact) mass is 276 g/mol. The van der Waals surface area contributed by atoms with Gasteiger partial charge in [-0.25, -0.2) is 0 Å². The van der Waals surface area contributed by atoms with Gasteiger partial charge in [-0.05, 0) is 44.2 Å². The number of para-hydroxylation sites is 1. The lowest BCUT2D eigenvalue weighted by Crippen LogP contribution is -2.35. The van der Waals surface area contributed by atoms with E-state index in [1.165, 1.54) is 30.5 Å². The molecule has 0 heterocycles. The van der Waals surface area contributed by atoms with Crippen molar-refractivity contribution in [2.45, 2.75) is 71.9 Å². The van der Waals surface area contributed by atoms with E-state index in [2.05, 4.69) is 56.9 Å². The van der Waals surface area contributed by atoms with Gasteiger partial charge < -0.3 is 10.6 Å². The van der Waals surface area contributed by atoms with Crippen LogP contribution in [0.15, 0.2) is 24.3 Å². The molecule has 0 radical (unpaired) electrons. The van der Waals surface area contributed by atoms with Crippen LogP contribution in [0.1, 0.15) is 58.9 Å². The van der Waals surface area contributed by atoms with Gasteiger partial charge in [0, 0.05) is 24.3 Å². The van der Waals surface area contributed by atoms with Crippen LogP contribution < -0.4 is 10.6 Å². The fraction of sp³-hybridized carbons (Fsp3) is 0.667. The maximum Gasteiger partial charge on any atom is 0.0401 e. The summed E-state index contributed by atoms with van der Waals surface area (Å²) in [5.74, 6) is 0. The first-order valence-electron chi connectivity index (χ1n) is 8.24. The summed E-state index contributed by atoms with van der Waals surface area (Å²) in [6.45, 7) is 10.2. The highest BCUT2D eigenvalue weighted by Crippen LogP contribution is 2.25. The Labute approximate surface area is 125 Å². The van der Waals surface area contributed by atoms with Gasteiger partial charge in [0.15, 0.2) is 0 Å². The number of rotatable bonds is 9. The molecule has 0 bridgehead atoms. The van der Waals surface area contributed by atoms with Gasteiger partial charge in [-0.2, -0.15) is 0 Å². The van der Waals surface area contributed by atoms with Gasteiger partial charge in [0.05, 0.1) is 0 Å². The second-order valence-corrected chi connectivity index (χ2v) is 5.81. The quantitative estimate of drug-likeness (QED) is 0.725. The number of nitrogens with two attached hydrogens (primary N) is 1. The molecule has 2 nitrogen and oxygen atoms in total. The van der Waals surface area contributed by atoms with Crippen molar-refractivity contribution >= 4 is 5.69 Å². The lowest BCUT2D eigenvalue weighted by Gasteiger charge is -2.33. The van der Waals surface area contributed by atoms with E-state index in [-0.39, 0.29) is 6.04 Å². The molecule has 0 amide bonds. The molecule has 0 fully saturated rings. The normalized spacial score (nSPS) is 14.1. The molecular formula is C18H32N2. The van der Waals surface area contributed by atoms with Crippen molar-refractivity contribution < 1.29 is 0 Å². The first kappa shape index (κ1) is 17.0. The molecule has 0 saturated heterocycles. The van der Waals surface area contributed by atoms with Gasteiger partial charge in [0.1, 0.15) is 0 Å². The maximum atomic E-state index is 6.16. The number of nitrogens with zero attached hydrogens (tertiary/aromatic N) is 1. The van der Waals surface area contributed by atoms with Crippen molar-refractivity contribution in [1.29, 1.82) is 0 Å². The predicted octanol–water partition coefficient (Wildman–Crippen LogP) is 4.37. The van der Waals surface area contributed by atoms with Crippen LogP contribution >= 0.6 is 0 Å². The largest absolute Gasteiger partial charge is 0.369 e. The summed E-state index contributed by atoms with van der Waals surface area (Å²) in [4.78, 5) is 2.57. The van der Waals surface area contributed by atoms with Crippen molar-refractivity contribution in [1.82, 2.24) is 0 Å². The van der Waals surface area contributed by atoms with Gasteiger partial charge in [0.2, 0.25) is 0 Å². The van der Waals surface area contributed by atoms with Crippen molar-refractivity contribution in [3.05, 3.63) is 29.8 Å². The highest BCUT2D eigenvalue weighted by molar-refractivity contribution is 5.54. The minimum absolute atomic E-state index is 0.265. The van der Waals surface area contributed by atoms with Crippen molar-refractivity contribution in [3.63, 3.8) is 0 Å². The van der Waals surface area contributed by atoms with Crippen molar-refractivity contribution in [3.8, 4) is 0 Å². The zero-order valence-electron chi connectivity index (χ0n) is 13.7. The van der Waals surface area contributed by atoms with Crippen LogP contribution in [0.25, 0.3) is 0 Å². The molecule has 1 rings (SSSR count). The molecule has 0 spiro atoms. The third-order valence-corrected chi connectivity index (χ3v) is 4.18. The Balaban J connectivity index is 2.99. The van der Waals surface area contributed by atoms with Crippen LogP contribution in [-0.2, 0) is 6.42 Å². The lowest BCUT2D eigenvalue weighted by molar-refractivity contribution is 0.588. The molecule has 0 aliphatic carbocycles. The van der Waals surface area contributed by atoms with E-state index in [0.29, 0.717) is 6.04 Å². The average Bonchev–Trinajstić information content (AvgIpc) is 2.48. The van der Waals surface area contributed by atoms with Crippen LogP contribution in [0.3, 0.4) is 0 Å². The molecule has 2 heteroatoms. The smallest absolute Gasteiger partial charge is 0.0401 e. The first-order valence-corrected chi connectivity index (χ1v) is 8.24. The van der Waals surface area contributed by atoms with E-state index in [4.69, 9.17) is 5.73 Å². The lowest BCUT2D eigenvalue weighted by atomic mass is 10.0. The number of anilines is 1. The van der Waals surface area contributed by atoms with Crippen LogP contribution in [0.2, 0.25) is 0 Å². The highest BCUT2D eigenvalue weighted by atomic mass is 15.2. The summed E-state index contributed by atoms with van der Waals surface area (Å²) < 4.78 is 0. The van der Waals surface area contributed by atoms with E-state index >= 15 is 0 Å². The zero-order chi connectivity index (χ0) is 15.0. The van der Waals surface area contributed by atoms with Crippen LogP contribution in [0.5, 0.6) is 0 Å². The maximum absolute atomic E-state index is 6.16. The summed E-state index contributed by atoms with van der Waals surface area (Å²) in [6, 6.07) is 9.64. The number of unbranched alkanes of at least 4 members (excludes halogenated alkanes) is 1. The third-order valence-electron chi connectivity index (χ3n) is 4.18. The molecule has 1 aromatic carbocycles. The van der Waals surface area contributed by atoms with Crippen LogP contribution in [0.4, 0.5) is 5.69 Å². The van der Waals surface area contributed by atoms with Gasteiger partial charge in [0.25, 0.3) is 0 Å². The van der Waals surface area contributed by atoms with Gasteiger partial charge in [-0.3, -0.25) is 0 Å². The van der Waals surface area contributed by atoms with Crippen molar-refractivity contribution in [2.75, 3.05) is 11.4 Å². The topological polar surface area (TPSA) is 29.3 Å². The Kier molecular flexibility index (Phi) is 7.68. The van der Waals surface area contributed by atoms with E-state index in [1.54, 1.807) is 0 Å². The second-order valence-electron chi connectivity index (χ2n) is 5.81. The molecule has 0 aliphatic heterocycles. The fourth-order valence-corrected chi connectivity index (χ4v) is 2.52. The zero-order valence-corrected chi connectivity index (χ0v) is 13.7. The fourth-order valence-electron chi connectivity index (χ4n) is 2.52. The molecule has 114 valence electrons. The first-order chi connectivity index (χ1) is 9.63. The van der Waals surface area contributed by atoms with Crippen molar-refractivity contribution in [2.24, 2.45) is 5.73 Å². The third kappa shape index (κ3) is 4.82. The van der Waals surface area contributed by atoms with E-state index in [0.717, 1.165) is 19.4 Å². The molecule has 2 N–H and O–H groups in total. The average molecular weight is 276 g/mol. The van der Waals surface area contributed by atoms with Gasteiger partial charge in [-0.1, -0.05) is 45.4 Å². The Hall–Kier alpha value is -1.02. The second kappa shape index (κ2) is 9.02. The van der Waals surface area contributed by atoms with E-state index in [1.807, 2.05) is 0 Å². The summed E-state index contributed by atoms with van der Waals surface area (Å²) in [5.41, 5.74) is 8.95.